The topological polar surface area (TPSA) is 35.5 Å². The molecule has 0 amide bonds. The third-order valence-electron chi connectivity index (χ3n) is 9.02. The molecule has 1 saturated heterocycles. The van der Waals surface area contributed by atoms with E-state index in [4.69, 9.17) is 9.47 Å². The zero-order chi connectivity index (χ0) is 16.6. The van der Waals surface area contributed by atoms with Gasteiger partial charge in [-0.25, -0.2) is 0 Å². The fourth-order valence-corrected chi connectivity index (χ4v) is 7.80. The number of ketones is 1. The van der Waals surface area contributed by atoms with Gasteiger partial charge in [-0.15, -0.1) is 0 Å². The monoisotopic (exact) mass is 332 g/mol. The molecule has 6 unspecified atom stereocenters. The Hall–Kier alpha value is -0.410. The van der Waals surface area contributed by atoms with Crippen molar-refractivity contribution in [1.82, 2.24) is 0 Å². The molecule has 1 aliphatic heterocycles. The van der Waals surface area contributed by atoms with E-state index in [-0.39, 0.29) is 5.79 Å². The lowest BCUT2D eigenvalue weighted by Crippen LogP contribution is -2.52. The van der Waals surface area contributed by atoms with E-state index in [9.17, 15) is 4.79 Å². The molecule has 4 aliphatic carbocycles. The van der Waals surface area contributed by atoms with Crippen molar-refractivity contribution in [2.24, 2.45) is 34.5 Å². The second-order valence-corrected chi connectivity index (χ2v) is 10.1. The fourth-order valence-electron chi connectivity index (χ4n) is 7.80. The Labute approximate surface area is 145 Å². The number of carbonyl (C=O) groups is 1. The molecule has 1 heterocycles. The normalized spacial score (nSPS) is 52.8. The molecule has 0 bridgehead atoms. The lowest BCUT2D eigenvalue weighted by molar-refractivity contribution is -0.157. The van der Waals surface area contributed by atoms with Gasteiger partial charge in [0.2, 0.25) is 0 Å². The molecule has 5 fully saturated rings. The van der Waals surface area contributed by atoms with Gasteiger partial charge in [0.15, 0.2) is 5.79 Å². The standard InChI is InChI=1S/C21H32O3/c1-19-7-6-17-16(18(19)12-21(13-19)23-9-10-24-21)4-3-14-11-15(22)5-8-20(14,17)2/h14,16-18H,3-13H2,1-2H3. The van der Waals surface area contributed by atoms with Crippen LogP contribution < -0.4 is 0 Å². The molecule has 5 rings (SSSR count). The third kappa shape index (κ3) is 2.06. The van der Waals surface area contributed by atoms with Crippen LogP contribution in [0.5, 0.6) is 0 Å². The van der Waals surface area contributed by atoms with Crippen LogP contribution in [0, 0.1) is 34.5 Å². The van der Waals surface area contributed by atoms with Crippen molar-refractivity contribution < 1.29 is 14.3 Å². The molecule has 0 N–H and O–H groups in total. The summed E-state index contributed by atoms with van der Waals surface area (Å²) in [5.41, 5.74) is 0.810. The summed E-state index contributed by atoms with van der Waals surface area (Å²) in [6, 6.07) is 0. The van der Waals surface area contributed by atoms with Crippen LogP contribution in [0.15, 0.2) is 0 Å². The molecule has 4 saturated carbocycles. The lowest BCUT2D eigenvalue weighted by atomic mass is 9.45. The second-order valence-electron chi connectivity index (χ2n) is 10.1. The zero-order valence-electron chi connectivity index (χ0n) is 15.3. The molecule has 3 nitrogen and oxygen atoms in total. The van der Waals surface area contributed by atoms with Crippen LogP contribution in [-0.4, -0.2) is 24.8 Å². The third-order valence-corrected chi connectivity index (χ3v) is 9.02. The minimum atomic E-state index is -0.255. The summed E-state index contributed by atoms with van der Waals surface area (Å²) in [5, 5.41) is 0. The van der Waals surface area contributed by atoms with E-state index in [0.717, 1.165) is 63.1 Å². The molecular formula is C21H32O3. The number of rotatable bonds is 0. The Kier molecular flexibility index (Phi) is 3.34. The van der Waals surface area contributed by atoms with Crippen molar-refractivity contribution in [1.29, 1.82) is 0 Å². The number of hydrogen-bond acceptors (Lipinski definition) is 3. The molecule has 6 atom stereocenters. The first-order chi connectivity index (χ1) is 11.4. The first kappa shape index (κ1) is 15.8. The zero-order valence-corrected chi connectivity index (χ0v) is 15.3. The summed E-state index contributed by atoms with van der Waals surface area (Å²) in [7, 11) is 0. The minimum absolute atomic E-state index is 0.255. The Morgan fingerprint density at radius 1 is 1.00 bits per heavy atom. The number of carbonyl (C=O) groups excluding carboxylic acids is 1. The highest BCUT2D eigenvalue weighted by molar-refractivity contribution is 5.79. The summed E-state index contributed by atoms with van der Waals surface area (Å²) in [6.45, 7) is 6.58. The average Bonchev–Trinajstić information content (AvgIpc) is 3.11. The molecule has 0 aromatic heterocycles. The first-order valence-electron chi connectivity index (χ1n) is 10.2. The maximum Gasteiger partial charge on any atom is 0.169 e. The lowest BCUT2D eigenvalue weighted by Gasteiger charge is -2.59. The average molecular weight is 332 g/mol. The molecule has 0 radical (unpaired) electrons. The predicted octanol–water partition coefficient (Wildman–Crippen LogP) is 4.34. The Morgan fingerprint density at radius 3 is 2.58 bits per heavy atom. The quantitative estimate of drug-likeness (QED) is 0.662. The van der Waals surface area contributed by atoms with E-state index in [1.165, 1.54) is 25.7 Å². The van der Waals surface area contributed by atoms with Crippen molar-refractivity contribution in [3.05, 3.63) is 0 Å². The van der Waals surface area contributed by atoms with Gasteiger partial charge in [-0.05, 0) is 66.6 Å². The number of Topliss-reactive ketones (excluding diaryl/α,β-unsaturated/α-hetero) is 1. The van der Waals surface area contributed by atoms with Gasteiger partial charge in [-0.3, -0.25) is 4.79 Å². The van der Waals surface area contributed by atoms with Gasteiger partial charge < -0.3 is 9.47 Å². The molecule has 0 aromatic carbocycles. The number of hydrogen-bond donors (Lipinski definition) is 0. The van der Waals surface area contributed by atoms with Crippen LogP contribution in [0.4, 0.5) is 0 Å². The van der Waals surface area contributed by atoms with Crippen molar-refractivity contribution in [2.75, 3.05) is 13.2 Å². The summed E-state index contributed by atoms with van der Waals surface area (Å²) in [6.07, 6.45) is 10.3. The van der Waals surface area contributed by atoms with E-state index in [0.29, 0.717) is 22.5 Å². The Balaban J connectivity index is 1.44. The summed E-state index contributed by atoms with van der Waals surface area (Å²) in [4.78, 5) is 12.0. The van der Waals surface area contributed by atoms with Crippen LogP contribution in [0.2, 0.25) is 0 Å². The van der Waals surface area contributed by atoms with Gasteiger partial charge in [0.1, 0.15) is 5.78 Å². The number of ether oxygens (including phenoxy) is 2. The largest absolute Gasteiger partial charge is 0.348 e. The molecule has 0 aromatic rings. The van der Waals surface area contributed by atoms with Gasteiger partial charge in [0.05, 0.1) is 13.2 Å². The van der Waals surface area contributed by atoms with Crippen molar-refractivity contribution >= 4 is 5.78 Å². The molecule has 134 valence electrons. The van der Waals surface area contributed by atoms with Crippen molar-refractivity contribution in [2.45, 2.75) is 77.4 Å². The Bertz CT molecular complexity index is 551. The van der Waals surface area contributed by atoms with Crippen molar-refractivity contribution in [3.8, 4) is 0 Å². The van der Waals surface area contributed by atoms with Gasteiger partial charge >= 0.3 is 0 Å². The van der Waals surface area contributed by atoms with Gasteiger partial charge in [-0.2, -0.15) is 0 Å². The van der Waals surface area contributed by atoms with Crippen LogP contribution in [0.3, 0.4) is 0 Å². The van der Waals surface area contributed by atoms with Crippen LogP contribution in [-0.2, 0) is 14.3 Å². The van der Waals surface area contributed by atoms with Gasteiger partial charge in [-0.1, -0.05) is 13.8 Å². The van der Waals surface area contributed by atoms with Crippen LogP contribution >= 0.6 is 0 Å². The van der Waals surface area contributed by atoms with E-state index >= 15 is 0 Å². The summed E-state index contributed by atoms with van der Waals surface area (Å²) in [5.74, 6) is 3.31. The van der Waals surface area contributed by atoms with E-state index in [1.54, 1.807) is 0 Å². The van der Waals surface area contributed by atoms with E-state index in [1.807, 2.05) is 0 Å². The molecular weight excluding hydrogens is 300 g/mol. The molecule has 3 heteroatoms. The molecule has 5 aliphatic rings. The smallest absolute Gasteiger partial charge is 0.169 e. The van der Waals surface area contributed by atoms with E-state index < -0.39 is 0 Å². The highest BCUT2D eigenvalue weighted by Crippen LogP contribution is 2.68. The minimum Gasteiger partial charge on any atom is -0.348 e. The van der Waals surface area contributed by atoms with E-state index in [2.05, 4.69) is 13.8 Å². The molecule has 24 heavy (non-hydrogen) atoms. The van der Waals surface area contributed by atoms with Crippen molar-refractivity contribution in [3.63, 3.8) is 0 Å². The van der Waals surface area contributed by atoms with Gasteiger partial charge in [0, 0.05) is 25.7 Å². The van der Waals surface area contributed by atoms with Gasteiger partial charge in [0.25, 0.3) is 0 Å². The number of fused-ring (bicyclic) bond motifs is 5. The fraction of sp³-hybridized carbons (Fsp3) is 0.952. The highest BCUT2D eigenvalue weighted by Gasteiger charge is 2.63. The highest BCUT2D eigenvalue weighted by atomic mass is 16.7. The van der Waals surface area contributed by atoms with Crippen LogP contribution in [0.1, 0.15) is 71.6 Å². The first-order valence-corrected chi connectivity index (χ1v) is 10.2. The molecule has 1 spiro atoms. The summed E-state index contributed by atoms with van der Waals surface area (Å²) < 4.78 is 12.2. The Morgan fingerprint density at radius 2 is 1.79 bits per heavy atom. The maximum atomic E-state index is 12.0. The predicted molar refractivity (Wildman–Crippen MR) is 91.4 cm³/mol. The summed E-state index contributed by atoms with van der Waals surface area (Å²) >= 11 is 0. The van der Waals surface area contributed by atoms with Crippen LogP contribution in [0.25, 0.3) is 0 Å². The SMILES string of the molecule is CC12CCC3C(CCC4CC(=O)CCC43C)C1CC1(C2)OCCO1. The second kappa shape index (κ2) is 5.07. The maximum absolute atomic E-state index is 12.0.